The van der Waals surface area contributed by atoms with E-state index >= 15 is 0 Å². The molecule has 0 saturated heterocycles. The van der Waals surface area contributed by atoms with Crippen molar-refractivity contribution in [2.24, 2.45) is 0 Å². The fourth-order valence-corrected chi connectivity index (χ4v) is 3.42. The van der Waals surface area contributed by atoms with Crippen LogP contribution in [0.3, 0.4) is 0 Å². The molecule has 5 nitrogen and oxygen atoms in total. The van der Waals surface area contributed by atoms with Crippen molar-refractivity contribution < 1.29 is 5.11 Å². The highest BCUT2D eigenvalue weighted by Gasteiger charge is 2.23. The van der Waals surface area contributed by atoms with Crippen LogP contribution in [0.15, 0.2) is 54.6 Å². The predicted octanol–water partition coefficient (Wildman–Crippen LogP) is 3.37. The van der Waals surface area contributed by atoms with E-state index < -0.39 is 0 Å². The van der Waals surface area contributed by atoms with Gasteiger partial charge in [-0.25, -0.2) is 4.98 Å². The van der Waals surface area contributed by atoms with Gasteiger partial charge in [0.15, 0.2) is 0 Å². The summed E-state index contributed by atoms with van der Waals surface area (Å²) in [4.78, 5) is 4.38. The molecule has 1 unspecified atom stereocenters. The van der Waals surface area contributed by atoms with E-state index in [2.05, 4.69) is 22.4 Å². The first-order chi connectivity index (χ1) is 12.1. The molecule has 5 heteroatoms. The van der Waals surface area contributed by atoms with Crippen molar-refractivity contribution in [1.82, 2.24) is 4.98 Å². The summed E-state index contributed by atoms with van der Waals surface area (Å²) in [6, 6.07) is 17.3. The third kappa shape index (κ3) is 2.74. The van der Waals surface area contributed by atoms with Crippen molar-refractivity contribution in [2.75, 3.05) is 23.3 Å². The molecule has 4 rings (SSSR count). The average molecular weight is 332 g/mol. The zero-order chi connectivity index (χ0) is 17.4. The number of para-hydroxylation sites is 2. The van der Waals surface area contributed by atoms with Gasteiger partial charge >= 0.3 is 0 Å². The molecule has 1 aromatic heterocycles. The van der Waals surface area contributed by atoms with Gasteiger partial charge in [-0.05, 0) is 41.8 Å². The SMILES string of the molecule is Nc1nc(-c2ccccc2O)cc(C2CNc3ccccc3C2)c1N. The fraction of sp³-hybridized carbons (Fsp3) is 0.150. The van der Waals surface area contributed by atoms with E-state index in [4.69, 9.17) is 11.5 Å². The molecule has 6 N–H and O–H groups in total. The second-order valence-electron chi connectivity index (χ2n) is 6.35. The van der Waals surface area contributed by atoms with Crippen LogP contribution in [0, 0.1) is 0 Å². The molecule has 0 bridgehead atoms. The molecule has 2 aromatic carbocycles. The molecule has 0 aliphatic carbocycles. The van der Waals surface area contributed by atoms with Crippen molar-refractivity contribution >= 4 is 17.2 Å². The van der Waals surface area contributed by atoms with Crippen molar-refractivity contribution in [3.63, 3.8) is 0 Å². The monoisotopic (exact) mass is 332 g/mol. The van der Waals surface area contributed by atoms with E-state index in [9.17, 15) is 5.11 Å². The van der Waals surface area contributed by atoms with Gasteiger partial charge in [-0.15, -0.1) is 0 Å². The first-order valence-electron chi connectivity index (χ1n) is 8.29. The molecule has 0 radical (unpaired) electrons. The summed E-state index contributed by atoms with van der Waals surface area (Å²) < 4.78 is 0. The van der Waals surface area contributed by atoms with Gasteiger partial charge < -0.3 is 21.9 Å². The van der Waals surface area contributed by atoms with E-state index in [1.807, 2.05) is 30.3 Å². The number of anilines is 3. The normalized spacial score (nSPS) is 16.1. The third-order valence-corrected chi connectivity index (χ3v) is 4.76. The van der Waals surface area contributed by atoms with Gasteiger partial charge in [-0.1, -0.05) is 30.3 Å². The summed E-state index contributed by atoms with van der Waals surface area (Å²) in [6.07, 6.45) is 0.886. The average Bonchev–Trinajstić information content (AvgIpc) is 2.64. The second-order valence-corrected chi connectivity index (χ2v) is 6.35. The van der Waals surface area contributed by atoms with Crippen LogP contribution in [0.5, 0.6) is 5.75 Å². The zero-order valence-corrected chi connectivity index (χ0v) is 13.7. The summed E-state index contributed by atoms with van der Waals surface area (Å²) in [5, 5.41) is 13.6. The number of nitrogens with zero attached hydrogens (tertiary/aromatic N) is 1. The maximum Gasteiger partial charge on any atom is 0.147 e. The van der Waals surface area contributed by atoms with Gasteiger partial charge in [0.1, 0.15) is 11.6 Å². The Balaban J connectivity index is 1.77. The standard InChI is InChI=1S/C20H20N4O/c21-19-15(13-9-12-5-1-3-7-16(12)23-11-13)10-17(24-20(19)22)14-6-2-4-8-18(14)25/h1-8,10,13,23,25H,9,11,21H2,(H2,22,24). The highest BCUT2D eigenvalue weighted by atomic mass is 16.3. The lowest BCUT2D eigenvalue weighted by Gasteiger charge is -2.28. The van der Waals surface area contributed by atoms with Gasteiger partial charge in [0.05, 0.1) is 11.4 Å². The molecule has 0 saturated carbocycles. The van der Waals surface area contributed by atoms with E-state index in [0.29, 0.717) is 22.8 Å². The predicted molar refractivity (Wildman–Crippen MR) is 102 cm³/mol. The fourth-order valence-electron chi connectivity index (χ4n) is 3.42. The van der Waals surface area contributed by atoms with Crippen LogP contribution in [-0.2, 0) is 6.42 Å². The minimum atomic E-state index is 0.178. The second kappa shape index (κ2) is 6.02. The number of hydrogen-bond donors (Lipinski definition) is 4. The Morgan fingerprint density at radius 2 is 1.80 bits per heavy atom. The lowest BCUT2D eigenvalue weighted by Crippen LogP contribution is -2.23. The molecule has 126 valence electrons. The highest BCUT2D eigenvalue weighted by molar-refractivity contribution is 5.75. The lowest BCUT2D eigenvalue weighted by molar-refractivity contribution is 0.477. The van der Waals surface area contributed by atoms with Crippen LogP contribution in [0.1, 0.15) is 17.0 Å². The Morgan fingerprint density at radius 3 is 2.64 bits per heavy atom. The molecule has 0 fully saturated rings. The third-order valence-electron chi connectivity index (χ3n) is 4.76. The lowest BCUT2D eigenvalue weighted by atomic mass is 9.87. The first-order valence-corrected chi connectivity index (χ1v) is 8.29. The van der Waals surface area contributed by atoms with Crippen LogP contribution in [-0.4, -0.2) is 16.6 Å². The van der Waals surface area contributed by atoms with Gasteiger partial charge in [0.25, 0.3) is 0 Å². The van der Waals surface area contributed by atoms with Crippen molar-refractivity contribution in [1.29, 1.82) is 0 Å². The molecule has 1 aliphatic rings. The van der Waals surface area contributed by atoms with Gasteiger partial charge in [0.2, 0.25) is 0 Å². The number of rotatable bonds is 2. The molecule has 0 spiro atoms. The number of aromatic hydroxyl groups is 1. The summed E-state index contributed by atoms with van der Waals surface area (Å²) in [5.41, 5.74) is 17.5. The van der Waals surface area contributed by atoms with E-state index in [-0.39, 0.29) is 11.7 Å². The van der Waals surface area contributed by atoms with E-state index in [0.717, 1.165) is 18.5 Å². The number of benzene rings is 2. The highest BCUT2D eigenvalue weighted by Crippen LogP contribution is 2.37. The number of pyridine rings is 1. The number of nitrogens with two attached hydrogens (primary N) is 2. The van der Waals surface area contributed by atoms with Gasteiger partial charge in [0, 0.05) is 23.7 Å². The first kappa shape index (κ1) is 15.3. The summed E-state index contributed by atoms with van der Waals surface area (Å²) in [6.45, 7) is 0.783. The smallest absolute Gasteiger partial charge is 0.147 e. The summed E-state index contributed by atoms with van der Waals surface area (Å²) in [7, 11) is 0. The number of hydrogen-bond acceptors (Lipinski definition) is 5. The van der Waals surface area contributed by atoms with Crippen molar-refractivity contribution in [2.45, 2.75) is 12.3 Å². The van der Waals surface area contributed by atoms with Crippen LogP contribution in [0.25, 0.3) is 11.3 Å². The number of fused-ring (bicyclic) bond motifs is 1. The quantitative estimate of drug-likeness (QED) is 0.577. The van der Waals surface area contributed by atoms with Crippen molar-refractivity contribution in [3.8, 4) is 17.0 Å². The Labute approximate surface area is 146 Å². The van der Waals surface area contributed by atoms with Crippen LogP contribution in [0.2, 0.25) is 0 Å². The Kier molecular flexibility index (Phi) is 3.69. The molecule has 25 heavy (non-hydrogen) atoms. The number of phenolic OH excluding ortho intramolecular Hbond substituents is 1. The topological polar surface area (TPSA) is 97.2 Å². The number of aromatic nitrogens is 1. The minimum Gasteiger partial charge on any atom is -0.507 e. The molecule has 1 aliphatic heterocycles. The van der Waals surface area contributed by atoms with Gasteiger partial charge in [-0.3, -0.25) is 0 Å². The maximum absolute atomic E-state index is 10.1. The maximum atomic E-state index is 10.1. The molecule has 0 amide bonds. The zero-order valence-electron chi connectivity index (χ0n) is 13.7. The Morgan fingerprint density at radius 1 is 1.04 bits per heavy atom. The van der Waals surface area contributed by atoms with Crippen LogP contribution >= 0.6 is 0 Å². The summed E-state index contributed by atoms with van der Waals surface area (Å²) >= 11 is 0. The Hall–Kier alpha value is -3.21. The Bertz CT molecular complexity index is 939. The number of nitrogens with one attached hydrogen (secondary N) is 1. The number of nitrogen functional groups attached to an aromatic ring is 2. The van der Waals surface area contributed by atoms with Crippen LogP contribution in [0.4, 0.5) is 17.2 Å². The van der Waals surface area contributed by atoms with Gasteiger partial charge in [-0.2, -0.15) is 0 Å². The number of phenols is 1. The molecule has 2 heterocycles. The molecule has 3 aromatic rings. The molecular weight excluding hydrogens is 312 g/mol. The van der Waals surface area contributed by atoms with E-state index in [1.54, 1.807) is 12.1 Å². The van der Waals surface area contributed by atoms with Crippen molar-refractivity contribution in [3.05, 3.63) is 65.7 Å². The largest absolute Gasteiger partial charge is 0.507 e. The van der Waals surface area contributed by atoms with Crippen LogP contribution < -0.4 is 16.8 Å². The summed E-state index contributed by atoms with van der Waals surface area (Å²) in [5.74, 6) is 0.677. The molecular formula is C20H20N4O. The van der Waals surface area contributed by atoms with E-state index in [1.165, 1.54) is 11.3 Å². The molecule has 1 atom stereocenters. The minimum absolute atomic E-state index is 0.178.